The van der Waals surface area contributed by atoms with E-state index >= 15 is 4.39 Å². The van der Waals surface area contributed by atoms with Gasteiger partial charge >= 0.3 is 0 Å². The van der Waals surface area contributed by atoms with Gasteiger partial charge in [-0.3, -0.25) is 9.63 Å². The van der Waals surface area contributed by atoms with Gasteiger partial charge in [0.2, 0.25) is 0 Å². The van der Waals surface area contributed by atoms with Crippen LogP contribution in [0.5, 0.6) is 0 Å². The number of fused-ring (bicyclic) bond motifs is 1. The summed E-state index contributed by atoms with van der Waals surface area (Å²) < 4.78 is 18.3. The molecule has 1 heterocycles. The molecule has 1 aromatic heterocycles. The van der Waals surface area contributed by atoms with Gasteiger partial charge in [-0.05, 0) is 49.4 Å². The van der Waals surface area contributed by atoms with Crippen molar-refractivity contribution in [2.45, 2.75) is 45.6 Å². The number of halogens is 3. The number of hydrogen-bond donors (Lipinski definition) is 2. The van der Waals surface area contributed by atoms with Crippen LogP contribution in [0.4, 0.5) is 15.8 Å². The molecule has 0 unspecified atom stereocenters. The number of hydrogen-bond acceptors (Lipinski definition) is 4. The third kappa shape index (κ3) is 5.24. The number of aryl methyl sites for hydroxylation is 1. The number of amides is 1. The van der Waals surface area contributed by atoms with Gasteiger partial charge in [-0.25, -0.2) is 14.9 Å². The number of unbranched alkanes of at least 4 members (excludes halogenated alkanes) is 2. The number of hydroxylamine groups is 1. The fraction of sp³-hybridized carbons (Fsp3) is 0.391. The third-order valence-electron chi connectivity index (χ3n) is 5.47. The summed E-state index contributed by atoms with van der Waals surface area (Å²) in [7, 11) is 0. The number of benzene rings is 2. The normalized spacial score (nSPS) is 13.5. The molecule has 9 heteroatoms. The molecule has 0 atom stereocenters. The quantitative estimate of drug-likeness (QED) is 0.232. The highest BCUT2D eigenvalue weighted by molar-refractivity contribution is 9.10. The molecule has 1 fully saturated rings. The molecule has 1 saturated carbocycles. The Morgan fingerprint density at radius 2 is 2.16 bits per heavy atom. The van der Waals surface area contributed by atoms with E-state index in [1.165, 1.54) is 0 Å². The minimum absolute atomic E-state index is 0.00746. The Morgan fingerprint density at radius 3 is 2.88 bits per heavy atom. The molecule has 170 valence electrons. The Bertz CT molecular complexity index is 1130. The number of imidazole rings is 1. The number of aromatic nitrogens is 2. The highest BCUT2D eigenvalue weighted by Gasteiger charge is 2.25. The SMILES string of the molecule is CCCCCn1cnc2c(F)c(Nc3ccc(Br)cc3Cl)c(C(=O)NOCC3CC3)cc21. The third-order valence-corrected chi connectivity index (χ3v) is 6.28. The van der Waals surface area contributed by atoms with Crippen LogP contribution in [0.25, 0.3) is 11.0 Å². The first-order chi connectivity index (χ1) is 15.5. The first kappa shape index (κ1) is 23.0. The monoisotopic (exact) mass is 522 g/mol. The van der Waals surface area contributed by atoms with Crippen LogP contribution in [0, 0.1) is 11.7 Å². The zero-order chi connectivity index (χ0) is 22.7. The molecule has 6 nitrogen and oxygen atoms in total. The zero-order valence-electron chi connectivity index (χ0n) is 17.8. The summed E-state index contributed by atoms with van der Waals surface area (Å²) in [5, 5.41) is 3.38. The van der Waals surface area contributed by atoms with E-state index in [4.69, 9.17) is 16.4 Å². The van der Waals surface area contributed by atoms with Crippen molar-refractivity contribution in [3.8, 4) is 0 Å². The van der Waals surface area contributed by atoms with Gasteiger partial charge < -0.3 is 9.88 Å². The lowest BCUT2D eigenvalue weighted by atomic mass is 10.1. The maximum absolute atomic E-state index is 15.6. The van der Waals surface area contributed by atoms with Gasteiger partial charge in [-0.2, -0.15) is 0 Å². The van der Waals surface area contributed by atoms with Gasteiger partial charge in [0.1, 0.15) is 5.52 Å². The van der Waals surface area contributed by atoms with Crippen LogP contribution in [0.15, 0.2) is 35.1 Å². The highest BCUT2D eigenvalue weighted by Crippen LogP contribution is 2.34. The van der Waals surface area contributed by atoms with E-state index in [9.17, 15) is 4.79 Å². The van der Waals surface area contributed by atoms with Gasteiger partial charge in [0.05, 0.1) is 40.4 Å². The van der Waals surface area contributed by atoms with E-state index in [1.807, 2.05) is 4.57 Å². The second-order valence-electron chi connectivity index (χ2n) is 8.06. The molecule has 0 radical (unpaired) electrons. The number of anilines is 2. The maximum Gasteiger partial charge on any atom is 0.277 e. The van der Waals surface area contributed by atoms with Crippen molar-refractivity contribution in [2.75, 3.05) is 11.9 Å². The van der Waals surface area contributed by atoms with E-state index in [1.54, 1.807) is 30.6 Å². The fourth-order valence-electron chi connectivity index (χ4n) is 3.46. The Morgan fingerprint density at radius 1 is 1.34 bits per heavy atom. The largest absolute Gasteiger partial charge is 0.351 e. The van der Waals surface area contributed by atoms with E-state index in [0.717, 1.165) is 36.6 Å². The average molecular weight is 524 g/mol. The molecule has 0 spiro atoms. The Hall–Kier alpha value is -2.16. The van der Waals surface area contributed by atoms with Crippen LogP contribution in [0.1, 0.15) is 49.4 Å². The van der Waals surface area contributed by atoms with Crippen molar-refractivity contribution in [3.05, 3.63) is 51.5 Å². The van der Waals surface area contributed by atoms with Crippen LogP contribution < -0.4 is 10.8 Å². The number of nitrogens with one attached hydrogen (secondary N) is 2. The van der Waals surface area contributed by atoms with Crippen LogP contribution in [-0.4, -0.2) is 22.1 Å². The topological polar surface area (TPSA) is 68.2 Å². The predicted octanol–water partition coefficient (Wildman–Crippen LogP) is 6.60. The van der Waals surface area contributed by atoms with Gasteiger partial charge in [0.25, 0.3) is 5.91 Å². The van der Waals surface area contributed by atoms with E-state index in [0.29, 0.717) is 35.3 Å². The van der Waals surface area contributed by atoms with Crippen molar-refractivity contribution >= 4 is 55.8 Å². The number of carbonyl (C=O) groups is 1. The van der Waals surface area contributed by atoms with Crippen molar-refractivity contribution in [1.82, 2.24) is 15.0 Å². The summed E-state index contributed by atoms with van der Waals surface area (Å²) in [5.74, 6) is -0.653. The number of rotatable bonds is 10. The van der Waals surface area contributed by atoms with E-state index < -0.39 is 11.7 Å². The summed E-state index contributed by atoms with van der Waals surface area (Å²) >= 11 is 9.68. The first-order valence-corrected chi connectivity index (χ1v) is 12.0. The van der Waals surface area contributed by atoms with Gasteiger partial charge in [-0.1, -0.05) is 47.3 Å². The minimum Gasteiger partial charge on any atom is -0.351 e. The van der Waals surface area contributed by atoms with Crippen LogP contribution in [0.2, 0.25) is 5.02 Å². The summed E-state index contributed by atoms with van der Waals surface area (Å²) in [6.45, 7) is 3.28. The lowest BCUT2D eigenvalue weighted by molar-refractivity contribution is 0.0271. The van der Waals surface area contributed by atoms with Crippen molar-refractivity contribution in [1.29, 1.82) is 0 Å². The molecule has 32 heavy (non-hydrogen) atoms. The average Bonchev–Trinajstić information content (AvgIpc) is 3.50. The second kappa shape index (κ2) is 10.2. The lowest BCUT2D eigenvalue weighted by Crippen LogP contribution is -2.26. The first-order valence-electron chi connectivity index (χ1n) is 10.8. The van der Waals surface area contributed by atoms with Crippen molar-refractivity contribution in [2.24, 2.45) is 5.92 Å². The smallest absolute Gasteiger partial charge is 0.277 e. The molecular weight excluding hydrogens is 499 g/mol. The Labute approximate surface area is 199 Å². The minimum atomic E-state index is -0.608. The van der Waals surface area contributed by atoms with E-state index in [-0.39, 0.29) is 16.8 Å². The summed E-state index contributed by atoms with van der Waals surface area (Å²) in [6, 6.07) is 6.85. The van der Waals surface area contributed by atoms with Gasteiger partial charge in [0, 0.05) is 11.0 Å². The highest BCUT2D eigenvalue weighted by atomic mass is 79.9. The predicted molar refractivity (Wildman–Crippen MR) is 128 cm³/mol. The molecule has 1 aliphatic carbocycles. The summed E-state index contributed by atoms with van der Waals surface area (Å²) in [6.07, 6.45) is 6.90. The molecule has 1 aliphatic rings. The molecule has 0 aliphatic heterocycles. The van der Waals surface area contributed by atoms with Crippen LogP contribution in [0.3, 0.4) is 0 Å². The molecule has 0 saturated heterocycles. The Kier molecular flexibility index (Phi) is 7.33. The molecule has 3 aromatic rings. The Balaban J connectivity index is 1.71. The fourth-order valence-corrected chi connectivity index (χ4v) is 4.18. The summed E-state index contributed by atoms with van der Waals surface area (Å²) in [4.78, 5) is 22.6. The lowest BCUT2D eigenvalue weighted by Gasteiger charge is -2.16. The molecule has 4 rings (SSSR count). The standard InChI is InChI=1S/C23H25BrClFN4O2/c1-2-3-4-9-30-13-27-22-19(30)11-16(23(31)29-32-12-14-5-6-14)21(20(22)26)28-18-8-7-15(24)10-17(18)25/h7-8,10-11,13-14,28H,2-6,9,12H2,1H3,(H,29,31). The zero-order valence-corrected chi connectivity index (χ0v) is 20.1. The van der Waals surface area contributed by atoms with Gasteiger partial charge in [0.15, 0.2) is 5.82 Å². The van der Waals surface area contributed by atoms with Crippen LogP contribution in [-0.2, 0) is 11.4 Å². The summed E-state index contributed by atoms with van der Waals surface area (Å²) in [5.41, 5.74) is 3.84. The molecule has 2 aromatic carbocycles. The molecule has 0 bridgehead atoms. The molecule has 2 N–H and O–H groups in total. The van der Waals surface area contributed by atoms with E-state index in [2.05, 4.69) is 38.6 Å². The van der Waals surface area contributed by atoms with Crippen molar-refractivity contribution < 1.29 is 14.0 Å². The van der Waals surface area contributed by atoms with Crippen molar-refractivity contribution in [3.63, 3.8) is 0 Å². The second-order valence-corrected chi connectivity index (χ2v) is 9.38. The number of carbonyl (C=O) groups excluding carboxylic acids is 1. The maximum atomic E-state index is 15.6. The molecular formula is C23H25BrClFN4O2. The molecule has 1 amide bonds. The van der Waals surface area contributed by atoms with Gasteiger partial charge in [-0.15, -0.1) is 0 Å². The number of nitrogens with zero attached hydrogens (tertiary/aromatic N) is 2. The van der Waals surface area contributed by atoms with Crippen LogP contribution >= 0.6 is 27.5 Å².